The first kappa shape index (κ1) is 18.1. The second-order valence-electron chi connectivity index (χ2n) is 5.91. The van der Waals surface area contributed by atoms with Crippen LogP contribution in [0.3, 0.4) is 0 Å². The number of pyridine rings is 1. The molecule has 6 heteroatoms. The van der Waals surface area contributed by atoms with Gasteiger partial charge in [0.1, 0.15) is 5.82 Å². The predicted octanol–water partition coefficient (Wildman–Crippen LogP) is 1.81. The van der Waals surface area contributed by atoms with Gasteiger partial charge < -0.3 is 15.7 Å². The standard InChI is InChI=1S/C16H25N3O3/c1-10(2)13(6-8-20)18-16(22)12-5-7-17-14(9-12)19-15(21)11(3)4/h5,7,9-11,13,20H,6,8H2,1-4H3,(H,18,22)(H,17,19,21). The van der Waals surface area contributed by atoms with Gasteiger partial charge in [-0.25, -0.2) is 4.98 Å². The number of nitrogens with one attached hydrogen (secondary N) is 2. The number of carbonyl (C=O) groups excluding carboxylic acids is 2. The van der Waals surface area contributed by atoms with Crippen LogP contribution in [0, 0.1) is 11.8 Å². The second-order valence-corrected chi connectivity index (χ2v) is 5.91. The Kier molecular flexibility index (Phi) is 6.98. The Morgan fingerprint density at radius 1 is 1.27 bits per heavy atom. The number of nitrogens with zero attached hydrogens (tertiary/aromatic N) is 1. The molecule has 1 aromatic heterocycles. The highest BCUT2D eigenvalue weighted by atomic mass is 16.3. The molecule has 0 aromatic carbocycles. The molecule has 1 atom stereocenters. The van der Waals surface area contributed by atoms with Gasteiger partial charge in [0, 0.05) is 30.3 Å². The van der Waals surface area contributed by atoms with Crippen molar-refractivity contribution in [1.82, 2.24) is 10.3 Å². The molecule has 0 spiro atoms. The van der Waals surface area contributed by atoms with Crippen LogP contribution in [0.1, 0.15) is 44.5 Å². The maximum atomic E-state index is 12.3. The molecule has 22 heavy (non-hydrogen) atoms. The summed E-state index contributed by atoms with van der Waals surface area (Å²) in [5.41, 5.74) is 0.428. The summed E-state index contributed by atoms with van der Waals surface area (Å²) in [4.78, 5) is 28.0. The Morgan fingerprint density at radius 2 is 1.95 bits per heavy atom. The largest absolute Gasteiger partial charge is 0.396 e. The van der Waals surface area contributed by atoms with Gasteiger partial charge in [-0.1, -0.05) is 27.7 Å². The number of aliphatic hydroxyl groups is 1. The van der Waals surface area contributed by atoms with Gasteiger partial charge in [0.2, 0.25) is 5.91 Å². The van der Waals surface area contributed by atoms with Gasteiger partial charge in [0.15, 0.2) is 0 Å². The predicted molar refractivity (Wildman–Crippen MR) is 85.5 cm³/mol. The van der Waals surface area contributed by atoms with Crippen LogP contribution in [-0.2, 0) is 4.79 Å². The quantitative estimate of drug-likeness (QED) is 0.716. The fraction of sp³-hybridized carbons (Fsp3) is 0.562. The van der Waals surface area contributed by atoms with E-state index in [1.165, 1.54) is 6.20 Å². The van der Waals surface area contributed by atoms with E-state index >= 15 is 0 Å². The molecular weight excluding hydrogens is 282 g/mol. The van der Waals surface area contributed by atoms with E-state index in [0.717, 1.165) is 0 Å². The number of aliphatic hydroxyl groups excluding tert-OH is 1. The van der Waals surface area contributed by atoms with Gasteiger partial charge >= 0.3 is 0 Å². The number of hydrogen-bond acceptors (Lipinski definition) is 4. The second kappa shape index (κ2) is 8.48. The Hall–Kier alpha value is -1.95. The zero-order valence-corrected chi connectivity index (χ0v) is 13.6. The lowest BCUT2D eigenvalue weighted by atomic mass is 10.0. The molecule has 1 rings (SSSR count). The van der Waals surface area contributed by atoms with Crippen LogP contribution in [0.4, 0.5) is 5.82 Å². The summed E-state index contributed by atoms with van der Waals surface area (Å²) >= 11 is 0. The van der Waals surface area contributed by atoms with Crippen molar-refractivity contribution in [3.8, 4) is 0 Å². The van der Waals surface area contributed by atoms with Crippen molar-refractivity contribution in [2.45, 2.75) is 40.2 Å². The van der Waals surface area contributed by atoms with Crippen LogP contribution in [0.2, 0.25) is 0 Å². The minimum atomic E-state index is -0.241. The van der Waals surface area contributed by atoms with E-state index in [4.69, 9.17) is 5.11 Å². The maximum absolute atomic E-state index is 12.3. The number of aromatic nitrogens is 1. The number of amides is 2. The van der Waals surface area contributed by atoms with Gasteiger partial charge in [-0.05, 0) is 24.5 Å². The summed E-state index contributed by atoms with van der Waals surface area (Å²) in [6.07, 6.45) is 1.99. The highest BCUT2D eigenvalue weighted by Crippen LogP contribution is 2.11. The van der Waals surface area contributed by atoms with Crippen LogP contribution in [0.5, 0.6) is 0 Å². The van der Waals surface area contributed by atoms with Crippen molar-refractivity contribution in [3.63, 3.8) is 0 Å². The average molecular weight is 307 g/mol. The molecule has 0 saturated heterocycles. The Bertz CT molecular complexity index is 515. The van der Waals surface area contributed by atoms with Gasteiger partial charge in [-0.3, -0.25) is 9.59 Å². The molecule has 0 saturated carbocycles. The Morgan fingerprint density at radius 3 is 2.50 bits per heavy atom. The molecule has 1 heterocycles. The SMILES string of the molecule is CC(C)C(=O)Nc1cc(C(=O)NC(CCO)C(C)C)ccn1. The molecule has 6 nitrogen and oxygen atoms in total. The summed E-state index contributed by atoms with van der Waals surface area (Å²) in [6, 6.07) is 3.04. The Balaban J connectivity index is 2.79. The molecule has 1 aromatic rings. The van der Waals surface area contributed by atoms with E-state index < -0.39 is 0 Å². The van der Waals surface area contributed by atoms with E-state index in [-0.39, 0.29) is 36.3 Å². The van der Waals surface area contributed by atoms with Crippen molar-refractivity contribution >= 4 is 17.6 Å². The maximum Gasteiger partial charge on any atom is 0.251 e. The molecular formula is C16H25N3O3. The average Bonchev–Trinajstić information content (AvgIpc) is 2.46. The summed E-state index contributed by atoms with van der Waals surface area (Å²) in [5, 5.41) is 14.6. The molecule has 2 amide bonds. The highest BCUT2D eigenvalue weighted by molar-refractivity contribution is 5.96. The van der Waals surface area contributed by atoms with Gasteiger partial charge in [-0.2, -0.15) is 0 Å². The van der Waals surface area contributed by atoms with Gasteiger partial charge in [0.25, 0.3) is 5.91 Å². The van der Waals surface area contributed by atoms with Crippen LogP contribution in [0.15, 0.2) is 18.3 Å². The molecule has 0 aliphatic carbocycles. The zero-order chi connectivity index (χ0) is 16.7. The van der Waals surface area contributed by atoms with Crippen molar-refractivity contribution < 1.29 is 14.7 Å². The lowest BCUT2D eigenvalue weighted by Crippen LogP contribution is -2.39. The molecule has 1 unspecified atom stereocenters. The molecule has 0 radical (unpaired) electrons. The number of hydrogen-bond donors (Lipinski definition) is 3. The van der Waals surface area contributed by atoms with Crippen LogP contribution in [0.25, 0.3) is 0 Å². The molecule has 122 valence electrons. The van der Waals surface area contributed by atoms with E-state index in [1.807, 2.05) is 13.8 Å². The number of anilines is 1. The fourth-order valence-corrected chi connectivity index (χ4v) is 1.87. The first-order chi connectivity index (χ1) is 10.3. The van der Waals surface area contributed by atoms with Crippen LogP contribution in [-0.4, -0.2) is 34.6 Å². The monoisotopic (exact) mass is 307 g/mol. The van der Waals surface area contributed by atoms with Gasteiger partial charge in [0.05, 0.1) is 0 Å². The molecule has 3 N–H and O–H groups in total. The molecule has 0 bridgehead atoms. The van der Waals surface area contributed by atoms with Crippen molar-refractivity contribution in [1.29, 1.82) is 0 Å². The van der Waals surface area contributed by atoms with E-state index in [1.54, 1.807) is 26.0 Å². The first-order valence-corrected chi connectivity index (χ1v) is 7.53. The summed E-state index contributed by atoms with van der Waals surface area (Å²) in [7, 11) is 0. The third-order valence-corrected chi connectivity index (χ3v) is 3.36. The number of rotatable bonds is 7. The van der Waals surface area contributed by atoms with E-state index in [2.05, 4.69) is 15.6 Å². The van der Waals surface area contributed by atoms with Crippen molar-refractivity contribution in [3.05, 3.63) is 23.9 Å². The van der Waals surface area contributed by atoms with Gasteiger partial charge in [-0.15, -0.1) is 0 Å². The van der Waals surface area contributed by atoms with Crippen LogP contribution < -0.4 is 10.6 Å². The zero-order valence-electron chi connectivity index (χ0n) is 13.6. The Labute approximate surface area is 131 Å². The minimum Gasteiger partial charge on any atom is -0.396 e. The smallest absolute Gasteiger partial charge is 0.251 e. The van der Waals surface area contributed by atoms with Crippen LogP contribution >= 0.6 is 0 Å². The minimum absolute atomic E-state index is 0.0230. The summed E-state index contributed by atoms with van der Waals surface area (Å²) in [6.45, 7) is 7.57. The van der Waals surface area contributed by atoms with Crippen molar-refractivity contribution in [2.24, 2.45) is 11.8 Å². The number of carbonyl (C=O) groups is 2. The third-order valence-electron chi connectivity index (χ3n) is 3.36. The lowest BCUT2D eigenvalue weighted by molar-refractivity contribution is -0.118. The third kappa shape index (κ3) is 5.44. The first-order valence-electron chi connectivity index (χ1n) is 7.53. The van der Waals surface area contributed by atoms with E-state index in [9.17, 15) is 9.59 Å². The van der Waals surface area contributed by atoms with E-state index in [0.29, 0.717) is 17.8 Å². The molecule has 0 aliphatic rings. The topological polar surface area (TPSA) is 91.3 Å². The lowest BCUT2D eigenvalue weighted by Gasteiger charge is -2.21. The normalized spacial score (nSPS) is 12.3. The molecule has 0 fully saturated rings. The summed E-state index contributed by atoms with van der Waals surface area (Å²) < 4.78 is 0. The van der Waals surface area contributed by atoms with Crippen molar-refractivity contribution in [2.75, 3.05) is 11.9 Å². The molecule has 0 aliphatic heterocycles. The highest BCUT2D eigenvalue weighted by Gasteiger charge is 2.17. The fourth-order valence-electron chi connectivity index (χ4n) is 1.87. The summed E-state index contributed by atoms with van der Waals surface area (Å²) in [5.74, 6) is 0.0295.